The van der Waals surface area contributed by atoms with Crippen LogP contribution in [-0.4, -0.2) is 23.9 Å². The highest BCUT2D eigenvalue weighted by Gasteiger charge is 2.20. The molecular formula is C15H16FNOS. The molecule has 2 rings (SSSR count). The first-order valence-electron chi connectivity index (χ1n) is 6.13. The molecule has 0 fully saturated rings. The van der Waals surface area contributed by atoms with Gasteiger partial charge in [0.15, 0.2) is 0 Å². The molecule has 0 saturated heterocycles. The van der Waals surface area contributed by atoms with Gasteiger partial charge in [-0.05, 0) is 30.5 Å². The number of thiophene rings is 1. The van der Waals surface area contributed by atoms with Crippen LogP contribution in [0.2, 0.25) is 0 Å². The fourth-order valence-electron chi connectivity index (χ4n) is 1.88. The van der Waals surface area contributed by atoms with Gasteiger partial charge in [0.25, 0.3) is 5.91 Å². The smallest absolute Gasteiger partial charge is 0.256 e. The normalized spacial score (nSPS) is 12.2. The Morgan fingerprint density at radius 2 is 2.05 bits per heavy atom. The maximum absolute atomic E-state index is 13.6. The third-order valence-electron chi connectivity index (χ3n) is 3.16. The molecule has 0 saturated carbocycles. The highest BCUT2D eigenvalue weighted by atomic mass is 32.1. The largest absolute Gasteiger partial charge is 0.339 e. The van der Waals surface area contributed by atoms with Crippen LogP contribution in [0.15, 0.2) is 41.8 Å². The van der Waals surface area contributed by atoms with E-state index in [0.29, 0.717) is 0 Å². The molecule has 1 aromatic carbocycles. The van der Waals surface area contributed by atoms with Gasteiger partial charge in [-0.15, -0.1) is 11.3 Å². The number of nitrogens with zero attached hydrogens (tertiary/aromatic N) is 1. The van der Waals surface area contributed by atoms with Crippen LogP contribution < -0.4 is 0 Å². The molecule has 0 spiro atoms. The van der Waals surface area contributed by atoms with E-state index in [1.807, 2.05) is 24.4 Å². The summed E-state index contributed by atoms with van der Waals surface area (Å²) in [5, 5.41) is 2.01. The third-order valence-corrected chi connectivity index (χ3v) is 4.06. The van der Waals surface area contributed by atoms with Crippen molar-refractivity contribution in [1.29, 1.82) is 0 Å². The fourth-order valence-corrected chi connectivity index (χ4v) is 2.71. The standard InChI is InChI=1S/C15H16FNOS/c1-11(10-12-6-5-9-19-12)17(2)15(18)13-7-3-4-8-14(13)16/h3-9,11H,10H2,1-2H3. The SMILES string of the molecule is CC(Cc1cccs1)N(C)C(=O)c1ccccc1F. The molecule has 1 amide bonds. The maximum Gasteiger partial charge on any atom is 0.256 e. The molecular weight excluding hydrogens is 261 g/mol. The average Bonchev–Trinajstić information content (AvgIpc) is 2.90. The van der Waals surface area contributed by atoms with Crippen molar-refractivity contribution < 1.29 is 9.18 Å². The summed E-state index contributed by atoms with van der Waals surface area (Å²) in [5.74, 6) is -0.746. The highest BCUT2D eigenvalue weighted by molar-refractivity contribution is 7.09. The Balaban J connectivity index is 2.09. The minimum atomic E-state index is -0.470. The molecule has 19 heavy (non-hydrogen) atoms. The Morgan fingerprint density at radius 1 is 1.32 bits per heavy atom. The van der Waals surface area contributed by atoms with E-state index in [9.17, 15) is 9.18 Å². The second kappa shape index (κ2) is 5.97. The summed E-state index contributed by atoms with van der Waals surface area (Å²) in [6.07, 6.45) is 0.786. The zero-order chi connectivity index (χ0) is 13.8. The summed E-state index contributed by atoms with van der Waals surface area (Å²) in [7, 11) is 1.72. The lowest BCUT2D eigenvalue weighted by molar-refractivity contribution is 0.0739. The number of hydrogen-bond donors (Lipinski definition) is 0. The molecule has 4 heteroatoms. The molecule has 1 aromatic heterocycles. The second-order valence-corrected chi connectivity index (χ2v) is 5.56. The molecule has 1 unspecified atom stereocenters. The van der Waals surface area contributed by atoms with E-state index >= 15 is 0 Å². The van der Waals surface area contributed by atoms with Gasteiger partial charge >= 0.3 is 0 Å². The Labute approximate surface area is 116 Å². The Kier molecular flexibility index (Phi) is 4.32. The maximum atomic E-state index is 13.6. The number of carbonyl (C=O) groups is 1. The quantitative estimate of drug-likeness (QED) is 0.836. The molecule has 2 aromatic rings. The molecule has 100 valence electrons. The zero-order valence-corrected chi connectivity index (χ0v) is 11.8. The minimum Gasteiger partial charge on any atom is -0.339 e. The molecule has 2 nitrogen and oxygen atoms in total. The van der Waals surface area contributed by atoms with Crippen LogP contribution in [0.3, 0.4) is 0 Å². The third kappa shape index (κ3) is 3.20. The average molecular weight is 277 g/mol. The van der Waals surface area contributed by atoms with Crippen LogP contribution in [0.25, 0.3) is 0 Å². The molecule has 1 heterocycles. The summed E-state index contributed by atoms with van der Waals surface area (Å²) in [6.45, 7) is 1.97. The summed E-state index contributed by atoms with van der Waals surface area (Å²) in [6, 6.07) is 10.2. The van der Waals surface area contributed by atoms with Crippen LogP contribution in [-0.2, 0) is 6.42 Å². The number of benzene rings is 1. The second-order valence-electron chi connectivity index (χ2n) is 4.53. The zero-order valence-electron chi connectivity index (χ0n) is 11.0. The minimum absolute atomic E-state index is 0.0331. The van der Waals surface area contributed by atoms with E-state index in [1.165, 1.54) is 17.0 Å². The molecule has 1 atom stereocenters. The lowest BCUT2D eigenvalue weighted by Gasteiger charge is -2.24. The Hall–Kier alpha value is -1.68. The van der Waals surface area contributed by atoms with Gasteiger partial charge in [0, 0.05) is 24.4 Å². The first kappa shape index (κ1) is 13.7. The van der Waals surface area contributed by atoms with Crippen molar-refractivity contribution in [3.63, 3.8) is 0 Å². The molecule has 0 aliphatic heterocycles. The van der Waals surface area contributed by atoms with Crippen molar-refractivity contribution in [3.05, 3.63) is 58.0 Å². The Morgan fingerprint density at radius 3 is 2.68 bits per heavy atom. The summed E-state index contributed by atoms with van der Waals surface area (Å²) in [4.78, 5) is 15.0. The number of halogens is 1. The van der Waals surface area contributed by atoms with Gasteiger partial charge in [0.05, 0.1) is 5.56 Å². The topological polar surface area (TPSA) is 20.3 Å². The molecule has 0 N–H and O–H groups in total. The Bertz CT molecular complexity index is 553. The van der Waals surface area contributed by atoms with E-state index < -0.39 is 5.82 Å². The molecule has 0 aliphatic rings. The number of hydrogen-bond acceptors (Lipinski definition) is 2. The van der Waals surface area contributed by atoms with Gasteiger partial charge in [-0.3, -0.25) is 4.79 Å². The van der Waals surface area contributed by atoms with Crippen LogP contribution in [0.1, 0.15) is 22.2 Å². The predicted octanol–water partition coefficient (Wildman–Crippen LogP) is 3.59. The molecule has 0 aliphatic carbocycles. The van der Waals surface area contributed by atoms with Crippen LogP contribution in [0.5, 0.6) is 0 Å². The lowest BCUT2D eigenvalue weighted by atomic mass is 10.1. The van der Waals surface area contributed by atoms with Gasteiger partial charge < -0.3 is 4.90 Å². The van der Waals surface area contributed by atoms with E-state index in [4.69, 9.17) is 0 Å². The van der Waals surface area contributed by atoms with Crippen molar-refractivity contribution >= 4 is 17.2 Å². The van der Waals surface area contributed by atoms with Gasteiger partial charge in [0.1, 0.15) is 5.82 Å². The first-order valence-corrected chi connectivity index (χ1v) is 7.01. The van der Waals surface area contributed by atoms with Crippen molar-refractivity contribution in [1.82, 2.24) is 4.90 Å². The van der Waals surface area contributed by atoms with Gasteiger partial charge in [-0.25, -0.2) is 4.39 Å². The van der Waals surface area contributed by atoms with Crippen LogP contribution in [0, 0.1) is 5.82 Å². The van der Waals surface area contributed by atoms with Crippen LogP contribution in [0.4, 0.5) is 4.39 Å². The number of likely N-dealkylation sites (N-methyl/N-ethyl adjacent to an activating group) is 1. The van der Waals surface area contributed by atoms with Crippen molar-refractivity contribution in [2.24, 2.45) is 0 Å². The summed E-state index contributed by atoms with van der Waals surface area (Å²) in [5.41, 5.74) is 0.128. The summed E-state index contributed by atoms with van der Waals surface area (Å²) < 4.78 is 13.6. The van der Waals surface area contributed by atoms with Gasteiger partial charge in [-0.2, -0.15) is 0 Å². The van der Waals surface area contributed by atoms with Gasteiger partial charge in [0.2, 0.25) is 0 Å². The number of rotatable bonds is 4. The van der Waals surface area contributed by atoms with E-state index in [2.05, 4.69) is 0 Å². The van der Waals surface area contributed by atoms with E-state index in [0.717, 1.165) is 6.42 Å². The summed E-state index contributed by atoms with van der Waals surface area (Å²) >= 11 is 1.67. The number of amides is 1. The molecule has 0 bridgehead atoms. The molecule has 0 radical (unpaired) electrons. The fraction of sp³-hybridized carbons (Fsp3) is 0.267. The number of carbonyl (C=O) groups excluding carboxylic acids is 1. The lowest BCUT2D eigenvalue weighted by Crippen LogP contribution is -2.36. The first-order chi connectivity index (χ1) is 9.09. The van der Waals surface area contributed by atoms with Gasteiger partial charge in [-0.1, -0.05) is 18.2 Å². The van der Waals surface area contributed by atoms with E-state index in [1.54, 1.807) is 35.4 Å². The van der Waals surface area contributed by atoms with Crippen LogP contribution >= 0.6 is 11.3 Å². The van der Waals surface area contributed by atoms with E-state index in [-0.39, 0.29) is 17.5 Å². The van der Waals surface area contributed by atoms with Crippen molar-refractivity contribution in [3.8, 4) is 0 Å². The highest BCUT2D eigenvalue weighted by Crippen LogP contribution is 2.16. The van der Waals surface area contributed by atoms with Crippen molar-refractivity contribution in [2.45, 2.75) is 19.4 Å². The van der Waals surface area contributed by atoms with Crippen molar-refractivity contribution in [2.75, 3.05) is 7.05 Å². The monoisotopic (exact) mass is 277 g/mol. The predicted molar refractivity (Wildman–Crippen MR) is 76.0 cm³/mol.